The molecule has 1 saturated carbocycles. The summed E-state index contributed by atoms with van der Waals surface area (Å²) in [5.74, 6) is 0.979. The van der Waals surface area contributed by atoms with Crippen molar-refractivity contribution in [3.8, 4) is 5.75 Å². The Morgan fingerprint density at radius 3 is 2.86 bits per heavy atom. The predicted molar refractivity (Wildman–Crippen MR) is 59.0 cm³/mol. The molecule has 14 heavy (non-hydrogen) atoms. The second-order valence-corrected chi connectivity index (χ2v) is 4.30. The van der Waals surface area contributed by atoms with Gasteiger partial charge in [-0.2, -0.15) is 0 Å². The Hall–Kier alpha value is -0.700. The number of ether oxygens (including phenoxy) is 1. The third-order valence-electron chi connectivity index (χ3n) is 2.27. The van der Waals surface area contributed by atoms with Gasteiger partial charge in [-0.1, -0.05) is 6.92 Å². The zero-order valence-electron chi connectivity index (χ0n) is 8.62. The Balaban J connectivity index is 2.19. The Morgan fingerprint density at radius 2 is 2.29 bits per heavy atom. The van der Waals surface area contributed by atoms with Crippen LogP contribution in [0.5, 0.6) is 5.75 Å². The summed E-state index contributed by atoms with van der Waals surface area (Å²) >= 11 is 1.67. The Kier molecular flexibility index (Phi) is 2.96. The largest absolute Gasteiger partial charge is 0.489 e. The number of hydrogen-bond donors (Lipinski definition) is 0. The molecular formula is C11H15NOS. The smallest absolute Gasteiger partial charge is 0.141 e. The molecule has 1 aliphatic rings. The maximum Gasteiger partial charge on any atom is 0.141 e. The molecule has 0 amide bonds. The first kappa shape index (κ1) is 9.84. The number of thioether (sulfide) groups is 1. The highest BCUT2D eigenvalue weighted by molar-refractivity contribution is 7.98. The van der Waals surface area contributed by atoms with Crippen molar-refractivity contribution in [2.45, 2.75) is 37.3 Å². The second kappa shape index (κ2) is 4.22. The van der Waals surface area contributed by atoms with Gasteiger partial charge in [0.2, 0.25) is 0 Å². The fourth-order valence-electron chi connectivity index (χ4n) is 1.31. The van der Waals surface area contributed by atoms with Gasteiger partial charge in [0.1, 0.15) is 5.75 Å². The van der Waals surface area contributed by atoms with Gasteiger partial charge in [0, 0.05) is 0 Å². The molecule has 1 fully saturated rings. The van der Waals surface area contributed by atoms with E-state index in [2.05, 4.69) is 18.0 Å². The third-order valence-corrected chi connectivity index (χ3v) is 2.91. The number of nitrogens with zero attached hydrogens (tertiary/aromatic N) is 1. The maximum absolute atomic E-state index is 5.78. The molecule has 0 bridgehead atoms. The van der Waals surface area contributed by atoms with E-state index in [-0.39, 0.29) is 0 Å². The Morgan fingerprint density at radius 1 is 1.50 bits per heavy atom. The Labute approximate surface area is 89.1 Å². The fourth-order valence-corrected chi connectivity index (χ4v) is 1.71. The van der Waals surface area contributed by atoms with Crippen LogP contribution in [-0.4, -0.2) is 17.3 Å². The van der Waals surface area contributed by atoms with Gasteiger partial charge in [0.15, 0.2) is 0 Å². The molecule has 0 radical (unpaired) electrons. The minimum atomic E-state index is 0.460. The molecule has 0 unspecified atom stereocenters. The van der Waals surface area contributed by atoms with Crippen LogP contribution in [0.15, 0.2) is 17.2 Å². The van der Waals surface area contributed by atoms with E-state index < -0.39 is 0 Å². The molecule has 0 atom stereocenters. The first-order chi connectivity index (χ1) is 6.83. The minimum absolute atomic E-state index is 0.460. The molecular weight excluding hydrogens is 194 g/mol. The second-order valence-electron chi connectivity index (χ2n) is 3.47. The van der Waals surface area contributed by atoms with Crippen molar-refractivity contribution in [1.29, 1.82) is 0 Å². The van der Waals surface area contributed by atoms with Gasteiger partial charge in [-0.15, -0.1) is 11.8 Å². The molecule has 0 aliphatic heterocycles. The van der Waals surface area contributed by atoms with Gasteiger partial charge in [-0.25, -0.2) is 4.98 Å². The fraction of sp³-hybridized carbons (Fsp3) is 0.545. The van der Waals surface area contributed by atoms with E-state index in [0.717, 1.165) is 22.9 Å². The van der Waals surface area contributed by atoms with Crippen molar-refractivity contribution in [3.63, 3.8) is 0 Å². The topological polar surface area (TPSA) is 22.1 Å². The quantitative estimate of drug-likeness (QED) is 0.712. The van der Waals surface area contributed by atoms with E-state index in [1.165, 1.54) is 12.8 Å². The monoisotopic (exact) mass is 209 g/mol. The van der Waals surface area contributed by atoms with Gasteiger partial charge in [-0.05, 0) is 37.7 Å². The molecule has 3 heteroatoms. The SMILES string of the molecule is CCc1nc(SC)ccc1OC1CC1. The standard InChI is InChI=1S/C11H15NOS/c1-3-9-10(13-8-4-5-8)6-7-11(12-9)14-2/h6-8H,3-5H2,1-2H3. The van der Waals surface area contributed by atoms with E-state index >= 15 is 0 Å². The van der Waals surface area contributed by atoms with E-state index in [1.807, 2.05) is 12.3 Å². The summed E-state index contributed by atoms with van der Waals surface area (Å²) < 4.78 is 5.78. The number of aryl methyl sites for hydroxylation is 1. The van der Waals surface area contributed by atoms with Crippen LogP contribution in [0, 0.1) is 0 Å². The van der Waals surface area contributed by atoms with E-state index in [0.29, 0.717) is 6.10 Å². The number of pyridine rings is 1. The normalized spacial score (nSPS) is 15.6. The highest BCUT2D eigenvalue weighted by Crippen LogP contribution is 2.29. The van der Waals surface area contributed by atoms with Gasteiger partial charge in [-0.3, -0.25) is 0 Å². The van der Waals surface area contributed by atoms with Crippen LogP contribution in [0.2, 0.25) is 0 Å². The van der Waals surface area contributed by atoms with Crippen LogP contribution in [0.3, 0.4) is 0 Å². The summed E-state index contributed by atoms with van der Waals surface area (Å²) in [6, 6.07) is 4.08. The summed E-state index contributed by atoms with van der Waals surface area (Å²) in [5, 5.41) is 1.07. The predicted octanol–water partition coefficient (Wildman–Crippen LogP) is 2.91. The molecule has 0 N–H and O–H groups in total. The van der Waals surface area contributed by atoms with Crippen LogP contribution < -0.4 is 4.74 Å². The van der Waals surface area contributed by atoms with Crippen LogP contribution in [0.25, 0.3) is 0 Å². The van der Waals surface area contributed by atoms with Gasteiger partial charge in [0.25, 0.3) is 0 Å². The lowest BCUT2D eigenvalue weighted by molar-refractivity contribution is 0.298. The van der Waals surface area contributed by atoms with Crippen molar-refractivity contribution in [1.82, 2.24) is 4.98 Å². The number of hydrogen-bond acceptors (Lipinski definition) is 3. The van der Waals surface area contributed by atoms with E-state index in [4.69, 9.17) is 4.74 Å². The van der Waals surface area contributed by atoms with Gasteiger partial charge in [0.05, 0.1) is 16.8 Å². The molecule has 2 nitrogen and oxygen atoms in total. The molecule has 0 aromatic carbocycles. The molecule has 0 saturated heterocycles. The third kappa shape index (κ3) is 2.21. The first-order valence-electron chi connectivity index (χ1n) is 5.04. The molecule has 1 aromatic rings. The molecule has 1 heterocycles. The van der Waals surface area contributed by atoms with E-state index in [1.54, 1.807) is 11.8 Å². The summed E-state index contributed by atoms with van der Waals surface area (Å²) in [6.45, 7) is 2.12. The molecule has 1 aromatic heterocycles. The van der Waals surface area contributed by atoms with Crippen molar-refractivity contribution < 1.29 is 4.74 Å². The van der Waals surface area contributed by atoms with Crippen molar-refractivity contribution in [2.75, 3.05) is 6.26 Å². The summed E-state index contributed by atoms with van der Waals surface area (Å²) in [4.78, 5) is 4.53. The number of rotatable bonds is 4. The van der Waals surface area contributed by atoms with E-state index in [9.17, 15) is 0 Å². The summed E-state index contributed by atoms with van der Waals surface area (Å²) in [6.07, 6.45) is 5.85. The van der Waals surface area contributed by atoms with Crippen molar-refractivity contribution >= 4 is 11.8 Å². The van der Waals surface area contributed by atoms with Gasteiger partial charge < -0.3 is 4.74 Å². The van der Waals surface area contributed by atoms with Crippen LogP contribution in [0.4, 0.5) is 0 Å². The van der Waals surface area contributed by atoms with Crippen LogP contribution >= 0.6 is 11.8 Å². The van der Waals surface area contributed by atoms with Gasteiger partial charge >= 0.3 is 0 Å². The maximum atomic E-state index is 5.78. The first-order valence-corrected chi connectivity index (χ1v) is 6.26. The zero-order valence-corrected chi connectivity index (χ0v) is 9.43. The lowest BCUT2D eigenvalue weighted by atomic mass is 10.3. The highest BCUT2D eigenvalue weighted by atomic mass is 32.2. The molecule has 2 rings (SSSR count). The summed E-state index contributed by atoms with van der Waals surface area (Å²) in [5.41, 5.74) is 1.09. The van der Waals surface area contributed by atoms with Crippen molar-refractivity contribution in [2.24, 2.45) is 0 Å². The summed E-state index contributed by atoms with van der Waals surface area (Å²) in [7, 11) is 0. The molecule has 0 spiro atoms. The Bertz CT molecular complexity index is 323. The van der Waals surface area contributed by atoms with Crippen LogP contribution in [0.1, 0.15) is 25.5 Å². The lowest BCUT2D eigenvalue weighted by Crippen LogP contribution is -2.01. The molecule has 1 aliphatic carbocycles. The minimum Gasteiger partial charge on any atom is -0.489 e. The average Bonchev–Trinajstić information content (AvgIpc) is 3.02. The lowest BCUT2D eigenvalue weighted by Gasteiger charge is -2.09. The average molecular weight is 209 g/mol. The number of aromatic nitrogens is 1. The van der Waals surface area contributed by atoms with Crippen molar-refractivity contribution in [3.05, 3.63) is 17.8 Å². The highest BCUT2D eigenvalue weighted by Gasteiger charge is 2.24. The van der Waals surface area contributed by atoms with Crippen LogP contribution in [-0.2, 0) is 6.42 Å². The molecule has 76 valence electrons. The zero-order chi connectivity index (χ0) is 9.97.